The second kappa shape index (κ2) is 10.8. The molecular formula is C25H33NO3S2. The summed E-state index contributed by atoms with van der Waals surface area (Å²) in [4.78, 5) is 13.3. The average Bonchev–Trinajstić information content (AvgIpc) is 2.77. The van der Waals surface area contributed by atoms with E-state index < -0.39 is 16.1 Å². The number of unbranched alkanes of at least 4 members (excludes halogenated alkanes) is 1. The number of aryl methyl sites for hydroxylation is 3. The van der Waals surface area contributed by atoms with Gasteiger partial charge in [-0.15, -0.1) is 0 Å². The van der Waals surface area contributed by atoms with Gasteiger partial charge in [0, 0.05) is 12.3 Å². The molecule has 168 valence electrons. The van der Waals surface area contributed by atoms with Crippen molar-refractivity contribution in [1.82, 2.24) is 4.31 Å². The molecule has 0 amide bonds. The van der Waals surface area contributed by atoms with Crippen LogP contribution in [0.1, 0.15) is 54.4 Å². The zero-order valence-corrected chi connectivity index (χ0v) is 20.4. The molecule has 1 unspecified atom stereocenters. The lowest BCUT2D eigenvalue weighted by Crippen LogP contribution is -2.47. The number of piperidine rings is 1. The van der Waals surface area contributed by atoms with Gasteiger partial charge in [0.05, 0.1) is 10.9 Å². The van der Waals surface area contributed by atoms with E-state index in [0.717, 1.165) is 54.5 Å². The van der Waals surface area contributed by atoms with Crippen molar-refractivity contribution in [2.24, 2.45) is 0 Å². The van der Waals surface area contributed by atoms with Crippen LogP contribution in [0.15, 0.2) is 47.4 Å². The van der Waals surface area contributed by atoms with Crippen molar-refractivity contribution >= 4 is 26.9 Å². The second-order valence-corrected chi connectivity index (χ2v) is 11.4. The molecular weight excluding hydrogens is 426 g/mol. The van der Waals surface area contributed by atoms with Crippen LogP contribution in [0.25, 0.3) is 0 Å². The molecule has 0 aliphatic carbocycles. The van der Waals surface area contributed by atoms with Gasteiger partial charge < -0.3 is 0 Å². The summed E-state index contributed by atoms with van der Waals surface area (Å²) >= 11 is 1.30. The van der Waals surface area contributed by atoms with E-state index in [1.54, 1.807) is 12.1 Å². The Morgan fingerprint density at radius 3 is 2.39 bits per heavy atom. The van der Waals surface area contributed by atoms with Gasteiger partial charge in [-0.2, -0.15) is 4.31 Å². The van der Waals surface area contributed by atoms with Gasteiger partial charge in [-0.1, -0.05) is 48.5 Å². The number of hydrogen-bond acceptors (Lipinski definition) is 4. The first-order chi connectivity index (χ1) is 14.8. The molecule has 0 spiro atoms. The minimum atomic E-state index is -3.69. The molecule has 0 radical (unpaired) electrons. The van der Waals surface area contributed by atoms with Gasteiger partial charge in [0.1, 0.15) is 0 Å². The zero-order valence-electron chi connectivity index (χ0n) is 18.8. The highest BCUT2D eigenvalue weighted by atomic mass is 32.2. The minimum Gasteiger partial charge on any atom is -0.285 e. The van der Waals surface area contributed by atoms with Crippen LogP contribution in [0.2, 0.25) is 0 Å². The fourth-order valence-electron chi connectivity index (χ4n) is 4.05. The number of rotatable bonds is 8. The van der Waals surface area contributed by atoms with Gasteiger partial charge in [0.15, 0.2) is 0 Å². The smallest absolute Gasteiger partial charge is 0.243 e. The second-order valence-electron chi connectivity index (χ2n) is 8.42. The van der Waals surface area contributed by atoms with E-state index in [1.165, 1.54) is 21.6 Å². The van der Waals surface area contributed by atoms with Crippen LogP contribution < -0.4 is 0 Å². The number of hydrogen-bond donors (Lipinski definition) is 0. The van der Waals surface area contributed by atoms with Crippen LogP contribution in [-0.2, 0) is 21.2 Å². The van der Waals surface area contributed by atoms with Crippen LogP contribution in [0.4, 0.5) is 0 Å². The third-order valence-corrected chi connectivity index (χ3v) is 9.12. The maximum absolute atomic E-state index is 13.4. The zero-order chi connectivity index (χ0) is 22.4. The number of carbonyl (C=O) groups excluding carboxylic acids is 1. The molecule has 1 saturated heterocycles. The molecule has 6 heteroatoms. The molecule has 0 saturated carbocycles. The van der Waals surface area contributed by atoms with Gasteiger partial charge in [-0.05, 0) is 87.3 Å². The van der Waals surface area contributed by atoms with Crippen molar-refractivity contribution in [1.29, 1.82) is 0 Å². The molecule has 1 fully saturated rings. The molecule has 0 bridgehead atoms. The molecule has 4 nitrogen and oxygen atoms in total. The topological polar surface area (TPSA) is 54.5 Å². The van der Waals surface area contributed by atoms with Crippen LogP contribution in [-0.4, -0.2) is 36.2 Å². The first kappa shape index (κ1) is 24.0. The summed E-state index contributed by atoms with van der Waals surface area (Å²) in [5.41, 5.74) is 4.35. The molecule has 2 aromatic carbocycles. The Labute approximate surface area is 191 Å². The largest absolute Gasteiger partial charge is 0.285 e. The molecule has 1 aliphatic rings. The maximum Gasteiger partial charge on any atom is 0.243 e. The first-order valence-corrected chi connectivity index (χ1v) is 13.5. The highest BCUT2D eigenvalue weighted by Gasteiger charge is 2.37. The van der Waals surface area contributed by atoms with E-state index in [2.05, 4.69) is 12.1 Å². The Bertz CT molecular complexity index is 980. The Balaban J connectivity index is 1.62. The van der Waals surface area contributed by atoms with Crippen molar-refractivity contribution in [2.45, 2.75) is 70.2 Å². The predicted molar refractivity (Wildman–Crippen MR) is 129 cm³/mol. The van der Waals surface area contributed by atoms with Crippen molar-refractivity contribution in [2.75, 3.05) is 12.3 Å². The lowest BCUT2D eigenvalue weighted by molar-refractivity contribution is -0.115. The summed E-state index contributed by atoms with van der Waals surface area (Å²) in [6.45, 7) is 6.29. The number of sulfonamides is 1. The Kier molecular flexibility index (Phi) is 8.36. The molecule has 2 aromatic rings. The standard InChI is InChI=1S/C25H33NO3S2/c1-19-17-23(18-20(2)21(19)3)31(28,29)26-15-9-7-14-24(26)25(27)30-16-10-8-13-22-11-5-4-6-12-22/h4-6,11-12,17-18,24H,7-10,13-16H2,1-3H3. The van der Waals surface area contributed by atoms with E-state index in [4.69, 9.17) is 0 Å². The summed E-state index contributed by atoms with van der Waals surface area (Å²) in [7, 11) is -3.69. The van der Waals surface area contributed by atoms with Crippen molar-refractivity contribution < 1.29 is 13.2 Å². The SMILES string of the molecule is Cc1cc(S(=O)(=O)N2CCCCC2C(=O)SCCCCc2ccccc2)cc(C)c1C. The van der Waals surface area contributed by atoms with Gasteiger partial charge in [-0.3, -0.25) is 4.79 Å². The Morgan fingerprint density at radius 2 is 1.71 bits per heavy atom. The van der Waals surface area contributed by atoms with E-state index in [0.29, 0.717) is 17.9 Å². The summed E-state index contributed by atoms with van der Waals surface area (Å²) in [5, 5.41) is -0.0106. The third kappa shape index (κ3) is 5.99. The predicted octanol–water partition coefficient (Wildman–Crippen LogP) is 5.44. The van der Waals surface area contributed by atoms with E-state index in [1.807, 2.05) is 39.0 Å². The molecule has 0 aromatic heterocycles. The minimum absolute atomic E-state index is 0.0106. The van der Waals surface area contributed by atoms with Gasteiger partial charge in [0.2, 0.25) is 15.1 Å². The van der Waals surface area contributed by atoms with Crippen molar-refractivity contribution in [3.05, 3.63) is 64.7 Å². The number of nitrogens with zero attached hydrogens (tertiary/aromatic N) is 1. The van der Waals surface area contributed by atoms with E-state index >= 15 is 0 Å². The van der Waals surface area contributed by atoms with Crippen LogP contribution >= 0.6 is 11.8 Å². The van der Waals surface area contributed by atoms with Crippen LogP contribution in [0, 0.1) is 20.8 Å². The lowest BCUT2D eigenvalue weighted by Gasteiger charge is -2.33. The highest BCUT2D eigenvalue weighted by Crippen LogP contribution is 2.30. The molecule has 1 aliphatic heterocycles. The summed E-state index contributed by atoms with van der Waals surface area (Å²) in [6.07, 6.45) is 5.28. The first-order valence-electron chi connectivity index (χ1n) is 11.1. The average molecular weight is 460 g/mol. The fraction of sp³-hybridized carbons (Fsp3) is 0.480. The Hall–Kier alpha value is -1.63. The molecule has 1 atom stereocenters. The fourth-order valence-corrected chi connectivity index (χ4v) is 6.94. The Morgan fingerprint density at radius 1 is 1.03 bits per heavy atom. The molecule has 1 heterocycles. The van der Waals surface area contributed by atoms with E-state index in [-0.39, 0.29) is 5.12 Å². The van der Waals surface area contributed by atoms with Gasteiger partial charge >= 0.3 is 0 Å². The quantitative estimate of drug-likeness (QED) is 0.494. The highest BCUT2D eigenvalue weighted by molar-refractivity contribution is 8.13. The third-order valence-electron chi connectivity index (χ3n) is 6.18. The van der Waals surface area contributed by atoms with Gasteiger partial charge in [0.25, 0.3) is 0 Å². The normalized spacial score (nSPS) is 17.6. The number of carbonyl (C=O) groups is 1. The molecule has 3 rings (SSSR count). The van der Waals surface area contributed by atoms with Crippen molar-refractivity contribution in [3.8, 4) is 0 Å². The summed E-state index contributed by atoms with van der Waals surface area (Å²) < 4.78 is 28.3. The number of thioether (sulfide) groups is 1. The molecule has 0 N–H and O–H groups in total. The van der Waals surface area contributed by atoms with E-state index in [9.17, 15) is 13.2 Å². The van der Waals surface area contributed by atoms with Crippen LogP contribution in [0.5, 0.6) is 0 Å². The maximum atomic E-state index is 13.4. The number of benzene rings is 2. The monoisotopic (exact) mass is 459 g/mol. The lowest BCUT2D eigenvalue weighted by atomic mass is 10.1. The molecule has 31 heavy (non-hydrogen) atoms. The summed E-state index contributed by atoms with van der Waals surface area (Å²) in [5.74, 6) is 0.735. The summed E-state index contributed by atoms with van der Waals surface area (Å²) in [6, 6.07) is 13.3. The van der Waals surface area contributed by atoms with Gasteiger partial charge in [-0.25, -0.2) is 8.42 Å². The van der Waals surface area contributed by atoms with Crippen molar-refractivity contribution in [3.63, 3.8) is 0 Å². The van der Waals surface area contributed by atoms with Crippen LogP contribution in [0.3, 0.4) is 0 Å².